The lowest BCUT2D eigenvalue weighted by molar-refractivity contribution is -0.118. The predicted molar refractivity (Wildman–Crippen MR) is 85.3 cm³/mol. The van der Waals surface area contributed by atoms with Gasteiger partial charge in [0.25, 0.3) is 0 Å². The van der Waals surface area contributed by atoms with E-state index in [1.807, 2.05) is 18.2 Å². The molecular weight excluding hydrogens is 264 g/mol. The Kier molecular flexibility index (Phi) is 5.58. The first-order chi connectivity index (χ1) is 10.2. The lowest BCUT2D eigenvalue weighted by atomic mass is 10.0. The fourth-order valence-corrected chi connectivity index (χ4v) is 2.45. The Bertz CT molecular complexity index is 611. The highest BCUT2D eigenvalue weighted by Gasteiger charge is 2.07. The standard InChI is InChI=1S/C17H22N2O2/c1-21-16-10-9-13-6-2-3-7-14(13)15(16)12-19-11-5-4-8-17(18)20/h2-3,6-7,9-10,19H,4-5,8,11-12H2,1H3,(H2,18,20). The number of rotatable bonds is 8. The van der Waals surface area contributed by atoms with Crippen LogP contribution in [0.1, 0.15) is 24.8 Å². The number of hydrogen-bond donors (Lipinski definition) is 2. The van der Waals surface area contributed by atoms with Crippen LogP contribution in [-0.2, 0) is 11.3 Å². The van der Waals surface area contributed by atoms with Crippen molar-refractivity contribution in [3.63, 3.8) is 0 Å². The third-order valence-electron chi connectivity index (χ3n) is 3.55. The monoisotopic (exact) mass is 286 g/mol. The van der Waals surface area contributed by atoms with Gasteiger partial charge in [-0.05, 0) is 36.2 Å². The molecule has 3 N–H and O–H groups in total. The van der Waals surface area contributed by atoms with Crippen LogP contribution >= 0.6 is 0 Å². The molecule has 2 aromatic rings. The third-order valence-corrected chi connectivity index (χ3v) is 3.55. The van der Waals surface area contributed by atoms with Crippen molar-refractivity contribution < 1.29 is 9.53 Å². The number of benzene rings is 2. The van der Waals surface area contributed by atoms with E-state index >= 15 is 0 Å². The molecule has 112 valence electrons. The minimum Gasteiger partial charge on any atom is -0.496 e. The molecule has 0 aromatic heterocycles. The quantitative estimate of drug-likeness (QED) is 0.733. The van der Waals surface area contributed by atoms with Crippen molar-refractivity contribution >= 4 is 16.7 Å². The molecule has 0 radical (unpaired) electrons. The van der Waals surface area contributed by atoms with Gasteiger partial charge in [-0.2, -0.15) is 0 Å². The number of carbonyl (C=O) groups is 1. The summed E-state index contributed by atoms with van der Waals surface area (Å²) in [4.78, 5) is 10.7. The van der Waals surface area contributed by atoms with Crippen LogP contribution in [0.3, 0.4) is 0 Å². The number of amides is 1. The first-order valence-electron chi connectivity index (χ1n) is 7.26. The highest BCUT2D eigenvalue weighted by Crippen LogP contribution is 2.27. The molecule has 0 saturated heterocycles. The molecule has 0 aliphatic heterocycles. The van der Waals surface area contributed by atoms with E-state index in [1.54, 1.807) is 7.11 Å². The van der Waals surface area contributed by atoms with Gasteiger partial charge in [0.15, 0.2) is 0 Å². The lowest BCUT2D eigenvalue weighted by Crippen LogP contribution is -2.17. The van der Waals surface area contributed by atoms with Crippen LogP contribution in [0.15, 0.2) is 36.4 Å². The van der Waals surface area contributed by atoms with Gasteiger partial charge in [-0.15, -0.1) is 0 Å². The third kappa shape index (κ3) is 4.20. The number of methoxy groups -OCH3 is 1. The van der Waals surface area contributed by atoms with Crippen molar-refractivity contribution in [3.8, 4) is 5.75 Å². The van der Waals surface area contributed by atoms with E-state index in [9.17, 15) is 4.79 Å². The molecule has 2 rings (SSSR count). The summed E-state index contributed by atoms with van der Waals surface area (Å²) in [5.74, 6) is 0.670. The van der Waals surface area contributed by atoms with Crippen LogP contribution in [0, 0.1) is 0 Å². The van der Waals surface area contributed by atoms with Crippen molar-refractivity contribution in [2.75, 3.05) is 13.7 Å². The van der Waals surface area contributed by atoms with E-state index in [0.29, 0.717) is 6.42 Å². The summed E-state index contributed by atoms with van der Waals surface area (Å²) < 4.78 is 5.46. The molecule has 2 aromatic carbocycles. The first-order valence-corrected chi connectivity index (χ1v) is 7.26. The Morgan fingerprint density at radius 1 is 1.19 bits per heavy atom. The summed E-state index contributed by atoms with van der Waals surface area (Å²) in [6.45, 7) is 1.61. The van der Waals surface area contributed by atoms with Crippen LogP contribution in [0.5, 0.6) is 5.75 Å². The smallest absolute Gasteiger partial charge is 0.217 e. The van der Waals surface area contributed by atoms with Crippen LogP contribution in [-0.4, -0.2) is 19.6 Å². The van der Waals surface area contributed by atoms with Gasteiger partial charge in [-0.1, -0.05) is 30.3 Å². The molecule has 0 unspecified atom stereocenters. The molecule has 4 heteroatoms. The molecule has 0 spiro atoms. The van der Waals surface area contributed by atoms with Gasteiger partial charge in [0.05, 0.1) is 7.11 Å². The number of hydrogen-bond acceptors (Lipinski definition) is 3. The van der Waals surface area contributed by atoms with Gasteiger partial charge in [0.2, 0.25) is 5.91 Å². The fourth-order valence-electron chi connectivity index (χ4n) is 2.45. The minimum atomic E-state index is -0.231. The minimum absolute atomic E-state index is 0.231. The van der Waals surface area contributed by atoms with E-state index < -0.39 is 0 Å². The second-order valence-corrected chi connectivity index (χ2v) is 5.07. The molecule has 0 saturated carbocycles. The van der Waals surface area contributed by atoms with Crippen molar-refractivity contribution in [2.45, 2.75) is 25.8 Å². The maximum Gasteiger partial charge on any atom is 0.217 e. The van der Waals surface area contributed by atoms with Crippen LogP contribution in [0.25, 0.3) is 10.8 Å². The molecular formula is C17H22N2O2. The van der Waals surface area contributed by atoms with Crippen molar-refractivity contribution in [1.82, 2.24) is 5.32 Å². The lowest BCUT2D eigenvalue weighted by Gasteiger charge is -2.13. The highest BCUT2D eigenvalue weighted by molar-refractivity contribution is 5.87. The molecule has 0 heterocycles. The topological polar surface area (TPSA) is 64.3 Å². The zero-order chi connectivity index (χ0) is 15.1. The molecule has 4 nitrogen and oxygen atoms in total. The Labute approximate surface area is 125 Å². The summed E-state index contributed by atoms with van der Waals surface area (Å²) >= 11 is 0. The maximum absolute atomic E-state index is 10.7. The number of primary amides is 1. The van der Waals surface area contributed by atoms with Crippen molar-refractivity contribution in [1.29, 1.82) is 0 Å². The average molecular weight is 286 g/mol. The normalized spacial score (nSPS) is 10.7. The van der Waals surface area contributed by atoms with Gasteiger partial charge in [-0.25, -0.2) is 0 Å². The van der Waals surface area contributed by atoms with Crippen LogP contribution < -0.4 is 15.8 Å². The summed E-state index contributed by atoms with van der Waals surface area (Å²) in [5, 5.41) is 5.83. The highest BCUT2D eigenvalue weighted by atomic mass is 16.5. The predicted octanol–water partition coefficient (Wildman–Crippen LogP) is 2.59. The Balaban J connectivity index is 1.98. The van der Waals surface area contributed by atoms with E-state index in [2.05, 4.69) is 23.5 Å². The number of carbonyl (C=O) groups excluding carboxylic acids is 1. The number of unbranched alkanes of at least 4 members (excludes halogenated alkanes) is 1. The summed E-state index contributed by atoms with van der Waals surface area (Å²) in [7, 11) is 1.69. The molecule has 0 aliphatic carbocycles. The summed E-state index contributed by atoms with van der Waals surface area (Å²) in [5.41, 5.74) is 6.29. The molecule has 0 aliphatic rings. The number of fused-ring (bicyclic) bond motifs is 1. The van der Waals surface area contributed by atoms with Gasteiger partial charge < -0.3 is 15.8 Å². The fraction of sp³-hybridized carbons (Fsp3) is 0.353. The summed E-state index contributed by atoms with van der Waals surface area (Å²) in [6, 6.07) is 12.4. The molecule has 0 atom stereocenters. The zero-order valence-electron chi connectivity index (χ0n) is 12.4. The van der Waals surface area contributed by atoms with E-state index in [0.717, 1.165) is 31.7 Å². The SMILES string of the molecule is COc1ccc2ccccc2c1CNCCCCC(N)=O. The van der Waals surface area contributed by atoms with Crippen LogP contribution in [0.2, 0.25) is 0 Å². The molecule has 0 bridgehead atoms. The molecule has 21 heavy (non-hydrogen) atoms. The Morgan fingerprint density at radius 3 is 2.76 bits per heavy atom. The molecule has 0 fully saturated rings. The van der Waals surface area contributed by atoms with Crippen molar-refractivity contribution in [3.05, 3.63) is 42.0 Å². The largest absolute Gasteiger partial charge is 0.496 e. The second-order valence-electron chi connectivity index (χ2n) is 5.07. The first kappa shape index (κ1) is 15.3. The number of nitrogens with one attached hydrogen (secondary N) is 1. The van der Waals surface area contributed by atoms with Gasteiger partial charge in [0.1, 0.15) is 5.75 Å². The number of ether oxygens (including phenoxy) is 1. The Morgan fingerprint density at radius 2 is 2.00 bits per heavy atom. The Hall–Kier alpha value is -2.07. The van der Waals surface area contributed by atoms with Crippen LogP contribution in [0.4, 0.5) is 0 Å². The van der Waals surface area contributed by atoms with Gasteiger partial charge >= 0.3 is 0 Å². The van der Waals surface area contributed by atoms with E-state index in [1.165, 1.54) is 16.3 Å². The summed E-state index contributed by atoms with van der Waals surface area (Å²) in [6.07, 6.45) is 2.23. The van der Waals surface area contributed by atoms with Gasteiger partial charge in [-0.3, -0.25) is 4.79 Å². The second kappa shape index (κ2) is 7.64. The van der Waals surface area contributed by atoms with E-state index in [4.69, 9.17) is 10.5 Å². The maximum atomic E-state index is 10.7. The van der Waals surface area contributed by atoms with Gasteiger partial charge in [0, 0.05) is 18.5 Å². The van der Waals surface area contributed by atoms with E-state index in [-0.39, 0.29) is 5.91 Å². The number of nitrogens with two attached hydrogens (primary N) is 1. The zero-order valence-corrected chi connectivity index (χ0v) is 12.4. The molecule has 1 amide bonds. The van der Waals surface area contributed by atoms with Crippen molar-refractivity contribution in [2.24, 2.45) is 5.73 Å². The average Bonchev–Trinajstić information content (AvgIpc) is 2.50.